The number of benzene rings is 1. The van der Waals surface area contributed by atoms with Crippen molar-refractivity contribution in [3.63, 3.8) is 0 Å². The normalized spacial score (nSPS) is 9.95. The molecule has 100 valence electrons. The zero-order valence-electron chi connectivity index (χ0n) is 9.77. The van der Waals surface area contributed by atoms with Gasteiger partial charge in [-0.05, 0) is 18.2 Å². The summed E-state index contributed by atoms with van der Waals surface area (Å²) in [7, 11) is 0. The maximum Gasteiger partial charge on any atom is 0.345 e. The van der Waals surface area contributed by atoms with Crippen LogP contribution in [0.5, 0.6) is 0 Å². The first-order valence-electron chi connectivity index (χ1n) is 5.19. The number of aromatic carboxylic acids is 1. The first-order chi connectivity index (χ1) is 9.51. The maximum atomic E-state index is 10.8. The minimum Gasteiger partial charge on any atom is -0.477 e. The Hall–Kier alpha value is -2.37. The van der Waals surface area contributed by atoms with Crippen LogP contribution in [0.4, 0.5) is 5.69 Å². The monoisotopic (exact) mass is 306 g/mol. The molecule has 0 fully saturated rings. The molecule has 0 radical (unpaired) electrons. The Kier molecular flexibility index (Phi) is 4.02. The number of hydrogen-bond acceptors (Lipinski definition) is 6. The number of carboxylic acids is 1. The predicted molar refractivity (Wildman–Crippen MR) is 73.2 cm³/mol. The predicted octanol–water partition coefficient (Wildman–Crippen LogP) is 3.38. The van der Waals surface area contributed by atoms with Gasteiger partial charge < -0.3 is 5.11 Å². The van der Waals surface area contributed by atoms with Gasteiger partial charge in [0.1, 0.15) is 16.5 Å². The molecule has 1 heterocycles. The van der Waals surface area contributed by atoms with Crippen molar-refractivity contribution >= 4 is 34.8 Å². The summed E-state index contributed by atoms with van der Waals surface area (Å²) in [5.41, 5.74) is -0.262. The van der Waals surface area contributed by atoms with E-state index in [0.29, 0.717) is 9.79 Å². The number of thiophene rings is 1. The van der Waals surface area contributed by atoms with Gasteiger partial charge in [0.15, 0.2) is 0 Å². The lowest BCUT2D eigenvalue weighted by molar-refractivity contribution is -0.385. The van der Waals surface area contributed by atoms with E-state index in [1.807, 2.05) is 0 Å². The van der Waals surface area contributed by atoms with Gasteiger partial charge in [0.05, 0.1) is 4.92 Å². The number of rotatable bonds is 4. The van der Waals surface area contributed by atoms with Crippen molar-refractivity contribution in [3.05, 3.63) is 50.2 Å². The van der Waals surface area contributed by atoms with E-state index in [2.05, 4.69) is 0 Å². The minimum atomic E-state index is -1.01. The van der Waals surface area contributed by atoms with Crippen LogP contribution in [0.2, 0.25) is 0 Å². The number of nitrogens with zero attached hydrogens (tertiary/aromatic N) is 2. The molecule has 0 spiro atoms. The summed E-state index contributed by atoms with van der Waals surface area (Å²) in [4.78, 5) is 22.5. The summed E-state index contributed by atoms with van der Waals surface area (Å²) < 4.78 is 0. The van der Waals surface area contributed by atoms with Crippen LogP contribution >= 0.6 is 23.1 Å². The number of hydrogen-bond donors (Lipinski definition) is 1. The van der Waals surface area contributed by atoms with Crippen LogP contribution in [0.15, 0.2) is 39.4 Å². The van der Waals surface area contributed by atoms with Crippen molar-refractivity contribution < 1.29 is 14.8 Å². The van der Waals surface area contributed by atoms with E-state index in [1.54, 1.807) is 17.5 Å². The molecule has 0 aliphatic carbocycles. The number of carbonyl (C=O) groups is 1. The fourth-order valence-corrected chi connectivity index (χ4v) is 3.22. The van der Waals surface area contributed by atoms with Gasteiger partial charge in [-0.25, -0.2) is 4.79 Å². The zero-order valence-corrected chi connectivity index (χ0v) is 11.4. The molecule has 0 aliphatic rings. The Morgan fingerprint density at radius 2 is 2.15 bits per heavy atom. The summed E-state index contributed by atoms with van der Waals surface area (Å²) in [6.07, 6.45) is 0. The van der Waals surface area contributed by atoms with Crippen LogP contribution < -0.4 is 0 Å². The fraction of sp³-hybridized carbons (Fsp3) is 0. The van der Waals surface area contributed by atoms with E-state index in [0.717, 1.165) is 11.3 Å². The van der Waals surface area contributed by atoms with Gasteiger partial charge in [-0.3, -0.25) is 10.1 Å². The molecular formula is C12H6N2O4S2. The lowest BCUT2D eigenvalue weighted by atomic mass is 10.2. The van der Waals surface area contributed by atoms with Crippen molar-refractivity contribution in [3.8, 4) is 6.07 Å². The van der Waals surface area contributed by atoms with E-state index in [9.17, 15) is 14.9 Å². The minimum absolute atomic E-state index is 0.00380. The van der Waals surface area contributed by atoms with Crippen LogP contribution in [0.1, 0.15) is 15.2 Å². The topological polar surface area (TPSA) is 104 Å². The smallest absolute Gasteiger partial charge is 0.345 e. The highest BCUT2D eigenvalue weighted by atomic mass is 32.2. The third-order valence-electron chi connectivity index (χ3n) is 2.31. The molecule has 0 bridgehead atoms. The largest absolute Gasteiger partial charge is 0.477 e. The van der Waals surface area contributed by atoms with Crippen LogP contribution in [-0.2, 0) is 0 Å². The van der Waals surface area contributed by atoms with Crippen LogP contribution in [0.3, 0.4) is 0 Å². The second-order valence-corrected chi connectivity index (χ2v) is 5.66. The maximum absolute atomic E-state index is 10.8. The second kappa shape index (κ2) is 5.73. The first kappa shape index (κ1) is 14.0. The number of nitriles is 1. The van der Waals surface area contributed by atoms with Gasteiger partial charge in [0.2, 0.25) is 0 Å². The van der Waals surface area contributed by atoms with Crippen molar-refractivity contribution in [2.24, 2.45) is 0 Å². The molecule has 0 atom stereocenters. The molecule has 1 aromatic carbocycles. The fourth-order valence-electron chi connectivity index (χ4n) is 1.44. The lowest BCUT2D eigenvalue weighted by Crippen LogP contribution is -1.92. The molecule has 1 aromatic heterocycles. The third-order valence-corrected chi connectivity index (χ3v) is 4.34. The Morgan fingerprint density at radius 3 is 2.70 bits per heavy atom. The van der Waals surface area contributed by atoms with Gasteiger partial charge in [-0.1, -0.05) is 11.8 Å². The molecule has 20 heavy (non-hydrogen) atoms. The Morgan fingerprint density at radius 1 is 1.40 bits per heavy atom. The Labute approximate surface area is 121 Å². The van der Waals surface area contributed by atoms with Crippen LogP contribution in [0, 0.1) is 21.4 Å². The van der Waals surface area contributed by atoms with E-state index >= 15 is 0 Å². The van der Waals surface area contributed by atoms with E-state index < -0.39 is 10.9 Å². The molecule has 1 N–H and O–H groups in total. The first-order valence-corrected chi connectivity index (χ1v) is 6.89. The summed E-state index contributed by atoms with van der Waals surface area (Å²) in [5.74, 6) is -1.01. The zero-order chi connectivity index (χ0) is 14.7. The standard InChI is InChI=1S/C12H6N2O4S2/c13-5-7-1-2-8(3-10(7)14(17)18)20-9-4-11(12(15)16)19-6-9/h1-4,6H,(H,15,16). The lowest BCUT2D eigenvalue weighted by Gasteiger charge is -2.00. The molecule has 6 nitrogen and oxygen atoms in total. The summed E-state index contributed by atoms with van der Waals surface area (Å²) in [6, 6.07) is 7.54. The quantitative estimate of drug-likeness (QED) is 0.686. The number of nitro groups is 1. The van der Waals surface area contributed by atoms with E-state index in [1.165, 1.54) is 30.0 Å². The highest BCUT2D eigenvalue weighted by Gasteiger charge is 2.15. The Bertz CT molecular complexity index is 733. The molecule has 0 aliphatic heterocycles. The van der Waals surface area contributed by atoms with Gasteiger partial charge in [-0.2, -0.15) is 5.26 Å². The molecule has 2 aromatic rings. The van der Waals surface area contributed by atoms with Crippen LogP contribution in [-0.4, -0.2) is 16.0 Å². The van der Waals surface area contributed by atoms with Crippen LogP contribution in [0.25, 0.3) is 0 Å². The molecule has 0 saturated carbocycles. The van der Waals surface area contributed by atoms with Crippen molar-refractivity contribution in [1.82, 2.24) is 0 Å². The number of carboxylic acid groups (broad SMARTS) is 1. The van der Waals surface area contributed by atoms with Gasteiger partial charge in [-0.15, -0.1) is 11.3 Å². The SMILES string of the molecule is N#Cc1ccc(Sc2csc(C(=O)O)c2)cc1[N+](=O)[O-]. The summed E-state index contributed by atoms with van der Waals surface area (Å²) in [5, 5.41) is 30.1. The second-order valence-electron chi connectivity index (χ2n) is 3.60. The molecule has 0 saturated heterocycles. The molecule has 8 heteroatoms. The Balaban J connectivity index is 2.29. The van der Waals surface area contributed by atoms with Gasteiger partial charge in [0.25, 0.3) is 5.69 Å². The third kappa shape index (κ3) is 2.96. The van der Waals surface area contributed by atoms with Crippen molar-refractivity contribution in [2.75, 3.05) is 0 Å². The average molecular weight is 306 g/mol. The molecule has 0 unspecified atom stereocenters. The highest BCUT2D eigenvalue weighted by molar-refractivity contribution is 7.99. The molecular weight excluding hydrogens is 300 g/mol. The summed E-state index contributed by atoms with van der Waals surface area (Å²) in [6.45, 7) is 0. The van der Waals surface area contributed by atoms with E-state index in [-0.39, 0.29) is 16.1 Å². The molecule has 0 amide bonds. The summed E-state index contributed by atoms with van der Waals surface area (Å²) >= 11 is 2.30. The number of nitro benzene ring substituents is 1. The van der Waals surface area contributed by atoms with E-state index in [4.69, 9.17) is 10.4 Å². The van der Waals surface area contributed by atoms with Gasteiger partial charge in [0, 0.05) is 21.2 Å². The van der Waals surface area contributed by atoms with Gasteiger partial charge >= 0.3 is 5.97 Å². The average Bonchev–Trinajstić information content (AvgIpc) is 2.87. The van der Waals surface area contributed by atoms with Crippen molar-refractivity contribution in [2.45, 2.75) is 9.79 Å². The molecule has 2 rings (SSSR count). The van der Waals surface area contributed by atoms with Crippen molar-refractivity contribution in [1.29, 1.82) is 5.26 Å². The highest BCUT2D eigenvalue weighted by Crippen LogP contribution is 2.34.